The average molecular weight is 359 g/mol. The van der Waals surface area contributed by atoms with E-state index in [4.69, 9.17) is 8.97 Å². The van der Waals surface area contributed by atoms with E-state index in [9.17, 15) is 13.2 Å². The van der Waals surface area contributed by atoms with Crippen molar-refractivity contribution in [2.24, 2.45) is 5.92 Å². The highest BCUT2D eigenvalue weighted by atomic mass is 32.3. The summed E-state index contributed by atoms with van der Waals surface area (Å²) >= 11 is 0. The lowest BCUT2D eigenvalue weighted by Crippen LogP contribution is -2.43. The Morgan fingerprint density at radius 3 is 2.79 bits per heavy atom. The Hall–Kier alpha value is -1.76. The molecule has 0 spiro atoms. The van der Waals surface area contributed by atoms with Crippen molar-refractivity contribution in [1.29, 1.82) is 0 Å². The van der Waals surface area contributed by atoms with Crippen LogP contribution >= 0.6 is 0 Å². The van der Waals surface area contributed by atoms with E-state index in [1.54, 1.807) is 0 Å². The van der Waals surface area contributed by atoms with Gasteiger partial charge in [0.15, 0.2) is 0 Å². The van der Waals surface area contributed by atoms with E-state index < -0.39 is 28.5 Å². The third-order valence-corrected chi connectivity index (χ3v) is 4.94. The molecule has 0 saturated carbocycles. The van der Waals surface area contributed by atoms with Crippen LogP contribution in [0.2, 0.25) is 0 Å². The molecular formula is C12H17N5O6S. The smallest absolute Gasteiger partial charge is 0.418 e. The lowest BCUT2D eigenvalue weighted by Gasteiger charge is -2.27. The fraction of sp³-hybridized carbons (Fsp3) is 0.750. The van der Waals surface area contributed by atoms with E-state index in [2.05, 4.69) is 19.8 Å². The number of nitrogens with zero attached hydrogens (tertiary/aromatic N) is 4. The second-order valence-corrected chi connectivity index (χ2v) is 7.28. The van der Waals surface area contributed by atoms with Crippen molar-refractivity contribution in [3.63, 3.8) is 0 Å². The van der Waals surface area contributed by atoms with Crippen LogP contribution in [0.4, 0.5) is 4.79 Å². The Morgan fingerprint density at radius 1 is 1.33 bits per heavy atom. The molecule has 11 nitrogen and oxygen atoms in total. The van der Waals surface area contributed by atoms with E-state index >= 15 is 0 Å². The van der Waals surface area contributed by atoms with Gasteiger partial charge in [-0.2, -0.15) is 13.5 Å². The van der Waals surface area contributed by atoms with Crippen LogP contribution < -0.4 is 5.32 Å². The molecule has 1 unspecified atom stereocenters. The number of piperidine rings is 1. The maximum absolute atomic E-state index is 12.3. The molecule has 1 aromatic rings. The number of hydrogen-bond acceptors (Lipinski definition) is 8. The number of hydroxylamine groups is 2. The predicted molar refractivity (Wildman–Crippen MR) is 76.7 cm³/mol. The van der Waals surface area contributed by atoms with Gasteiger partial charge >= 0.3 is 16.4 Å². The summed E-state index contributed by atoms with van der Waals surface area (Å²) in [4.78, 5) is 13.8. The molecule has 0 aromatic carbocycles. The van der Waals surface area contributed by atoms with Crippen molar-refractivity contribution < 1.29 is 26.5 Å². The van der Waals surface area contributed by atoms with Gasteiger partial charge in [-0.3, -0.25) is 4.55 Å². The average Bonchev–Trinajstić information content (AvgIpc) is 3.02. The molecule has 2 amide bonds. The number of urea groups is 1. The van der Waals surface area contributed by atoms with Gasteiger partial charge in [0.2, 0.25) is 11.8 Å². The summed E-state index contributed by atoms with van der Waals surface area (Å²) in [6.07, 6.45) is 1.75. The molecule has 3 aliphatic rings. The number of carbonyl (C=O) groups is 1. The number of aromatic nitrogens is 2. The van der Waals surface area contributed by atoms with Gasteiger partial charge in [0.1, 0.15) is 6.04 Å². The maximum atomic E-state index is 12.3. The Bertz CT molecular complexity index is 747. The standard InChI is InChI=1S/C12H17N5O6S/c18-12-16-6-8(17(12)23-24(19,20)21)1-2-9(16)11-15-14-10(22-11)3-7-4-13-5-7/h7-9,13H,1-6H2,(H,19,20,21)/t8?,9-/m0/s1. The zero-order valence-corrected chi connectivity index (χ0v) is 13.5. The normalized spacial score (nSPS) is 27.6. The molecule has 24 heavy (non-hydrogen) atoms. The molecule has 0 aliphatic carbocycles. The van der Waals surface area contributed by atoms with Gasteiger partial charge in [-0.1, -0.05) is 0 Å². The fourth-order valence-electron chi connectivity index (χ4n) is 3.31. The van der Waals surface area contributed by atoms with Gasteiger partial charge in [-0.25, -0.2) is 4.79 Å². The van der Waals surface area contributed by atoms with E-state index in [1.165, 1.54) is 4.90 Å². The second kappa shape index (κ2) is 5.65. The first-order chi connectivity index (χ1) is 11.4. The van der Waals surface area contributed by atoms with Crippen molar-refractivity contribution in [2.45, 2.75) is 31.3 Å². The molecule has 12 heteroatoms. The zero-order valence-electron chi connectivity index (χ0n) is 12.7. The molecular weight excluding hydrogens is 342 g/mol. The van der Waals surface area contributed by atoms with Gasteiger partial charge < -0.3 is 14.6 Å². The van der Waals surface area contributed by atoms with Gasteiger partial charge in [0, 0.05) is 13.0 Å². The molecule has 0 radical (unpaired) electrons. The highest BCUT2D eigenvalue weighted by molar-refractivity contribution is 7.80. The Labute approximate surface area is 137 Å². The summed E-state index contributed by atoms with van der Waals surface area (Å²) < 4.78 is 40.7. The zero-order chi connectivity index (χ0) is 16.9. The first-order valence-corrected chi connectivity index (χ1v) is 9.07. The molecule has 2 N–H and O–H groups in total. The van der Waals surface area contributed by atoms with Crippen LogP contribution in [0, 0.1) is 5.92 Å². The van der Waals surface area contributed by atoms with Crippen molar-refractivity contribution in [2.75, 3.05) is 19.6 Å². The second-order valence-electron chi connectivity index (χ2n) is 6.27. The highest BCUT2D eigenvalue weighted by Crippen LogP contribution is 2.38. The molecule has 4 heterocycles. The summed E-state index contributed by atoms with van der Waals surface area (Å²) in [5, 5.41) is 12.0. The lowest BCUT2D eigenvalue weighted by molar-refractivity contribution is -0.0317. The minimum absolute atomic E-state index is 0.281. The number of nitrogens with one attached hydrogen (secondary N) is 1. The summed E-state index contributed by atoms with van der Waals surface area (Å²) in [6, 6.07) is -1.48. The van der Waals surface area contributed by atoms with E-state index in [1.807, 2.05) is 0 Å². The summed E-state index contributed by atoms with van der Waals surface area (Å²) in [5.41, 5.74) is 0. The molecule has 3 fully saturated rings. The fourth-order valence-corrected chi connectivity index (χ4v) is 3.70. The highest BCUT2D eigenvalue weighted by Gasteiger charge is 2.49. The van der Waals surface area contributed by atoms with Gasteiger partial charge in [-0.15, -0.1) is 14.5 Å². The maximum Gasteiger partial charge on any atom is 0.418 e. The molecule has 132 valence electrons. The van der Waals surface area contributed by atoms with Gasteiger partial charge in [-0.05, 0) is 31.8 Å². The van der Waals surface area contributed by atoms with Crippen molar-refractivity contribution in [1.82, 2.24) is 25.5 Å². The van der Waals surface area contributed by atoms with E-state index in [0.29, 0.717) is 42.0 Å². The summed E-state index contributed by atoms with van der Waals surface area (Å²) in [6.45, 7) is 2.13. The molecule has 2 bridgehead atoms. The van der Waals surface area contributed by atoms with Crippen molar-refractivity contribution in [3.8, 4) is 0 Å². The third kappa shape index (κ3) is 2.85. The predicted octanol–water partition coefficient (Wildman–Crippen LogP) is -0.493. The number of rotatable bonds is 5. The molecule has 3 saturated heterocycles. The van der Waals surface area contributed by atoms with Crippen LogP contribution in [0.1, 0.15) is 30.7 Å². The summed E-state index contributed by atoms with van der Waals surface area (Å²) in [7, 11) is -4.75. The Kier molecular flexibility index (Phi) is 3.71. The SMILES string of the molecule is O=C1N(OS(=O)(=O)O)C2CC[C@@H](c3nnc(CC4CNC4)o3)N1C2. The number of fused-ring (bicyclic) bond motifs is 2. The van der Waals surface area contributed by atoms with Crippen LogP contribution in [0.25, 0.3) is 0 Å². The first-order valence-electron chi connectivity index (χ1n) is 7.70. The number of amides is 2. The lowest BCUT2D eigenvalue weighted by atomic mass is 10.00. The first kappa shape index (κ1) is 15.7. The molecule has 3 aliphatic heterocycles. The van der Waals surface area contributed by atoms with E-state index in [0.717, 1.165) is 13.1 Å². The van der Waals surface area contributed by atoms with Crippen LogP contribution in [0.15, 0.2) is 4.42 Å². The Balaban J connectivity index is 1.48. The van der Waals surface area contributed by atoms with Crippen LogP contribution in [0.3, 0.4) is 0 Å². The van der Waals surface area contributed by atoms with Gasteiger partial charge in [0.25, 0.3) is 0 Å². The topological polar surface area (TPSA) is 138 Å². The van der Waals surface area contributed by atoms with Gasteiger partial charge in [0.05, 0.1) is 6.04 Å². The molecule has 4 rings (SSSR count). The van der Waals surface area contributed by atoms with Crippen LogP contribution in [0.5, 0.6) is 0 Å². The Morgan fingerprint density at radius 2 is 2.12 bits per heavy atom. The van der Waals surface area contributed by atoms with Crippen LogP contribution in [-0.2, 0) is 21.1 Å². The minimum atomic E-state index is -4.75. The third-order valence-electron chi connectivity index (χ3n) is 4.59. The number of hydrogen-bond donors (Lipinski definition) is 2. The molecule has 1 aromatic heterocycles. The van der Waals surface area contributed by atoms with Crippen LogP contribution in [-0.4, -0.2) is 64.8 Å². The van der Waals surface area contributed by atoms with E-state index in [-0.39, 0.29) is 6.54 Å². The monoisotopic (exact) mass is 359 g/mol. The van der Waals surface area contributed by atoms with Crippen molar-refractivity contribution >= 4 is 16.4 Å². The number of carbonyl (C=O) groups excluding carboxylic acids is 1. The minimum Gasteiger partial charge on any atom is -0.423 e. The summed E-state index contributed by atoms with van der Waals surface area (Å²) in [5.74, 6) is 1.37. The largest absolute Gasteiger partial charge is 0.423 e. The molecule has 2 atom stereocenters. The quantitative estimate of drug-likeness (QED) is 0.667. The van der Waals surface area contributed by atoms with Crippen molar-refractivity contribution in [3.05, 3.63) is 11.8 Å².